The molecule has 32 heavy (non-hydrogen) atoms. The molecule has 0 aliphatic heterocycles. The number of rotatable bonds is 7. The van der Waals surface area contributed by atoms with Gasteiger partial charge in [-0.2, -0.15) is 0 Å². The SMILES string of the molecule is CC(C)=CCNc1ccc(-c2c(F)c(F)c(-c3ccc(NC(C)C)nc3)c(F)c2F)cc1. The van der Waals surface area contributed by atoms with Crippen LogP contribution in [0.4, 0.5) is 29.1 Å². The molecule has 0 aliphatic carbocycles. The van der Waals surface area contributed by atoms with Gasteiger partial charge in [0.15, 0.2) is 23.3 Å². The van der Waals surface area contributed by atoms with E-state index in [0.29, 0.717) is 18.1 Å². The summed E-state index contributed by atoms with van der Waals surface area (Å²) in [5.41, 5.74) is 0.304. The molecule has 3 rings (SSSR count). The molecular weight excluding hydrogens is 418 g/mol. The van der Waals surface area contributed by atoms with E-state index in [9.17, 15) is 17.6 Å². The first-order valence-corrected chi connectivity index (χ1v) is 10.3. The molecule has 0 radical (unpaired) electrons. The fourth-order valence-corrected chi connectivity index (χ4v) is 3.19. The number of hydrogen-bond donors (Lipinski definition) is 2. The van der Waals surface area contributed by atoms with Crippen LogP contribution >= 0.6 is 0 Å². The Balaban J connectivity index is 1.96. The molecule has 0 atom stereocenters. The molecule has 2 N–H and O–H groups in total. The minimum absolute atomic E-state index is 0.0340. The van der Waals surface area contributed by atoms with E-state index in [1.807, 2.05) is 33.8 Å². The van der Waals surface area contributed by atoms with Gasteiger partial charge in [0, 0.05) is 30.0 Å². The number of nitrogens with zero attached hydrogens (tertiary/aromatic N) is 1. The van der Waals surface area contributed by atoms with Gasteiger partial charge in [-0.3, -0.25) is 0 Å². The summed E-state index contributed by atoms with van der Waals surface area (Å²) in [4.78, 5) is 4.06. The number of halogens is 4. The third-order valence-electron chi connectivity index (χ3n) is 4.74. The summed E-state index contributed by atoms with van der Waals surface area (Å²) in [5, 5.41) is 6.16. The van der Waals surface area contributed by atoms with Gasteiger partial charge >= 0.3 is 0 Å². The average Bonchev–Trinajstić information content (AvgIpc) is 2.74. The van der Waals surface area contributed by atoms with Crippen molar-refractivity contribution in [1.29, 1.82) is 0 Å². The molecule has 0 saturated heterocycles. The molecule has 0 saturated carbocycles. The molecule has 0 amide bonds. The minimum atomic E-state index is -1.46. The van der Waals surface area contributed by atoms with Gasteiger partial charge in [-0.1, -0.05) is 23.8 Å². The summed E-state index contributed by atoms with van der Waals surface area (Å²) in [5.74, 6) is -5.34. The Labute approximate surface area is 185 Å². The van der Waals surface area contributed by atoms with Crippen LogP contribution in [0.15, 0.2) is 54.2 Å². The molecular formula is C25H25F4N3. The van der Waals surface area contributed by atoms with Crippen molar-refractivity contribution >= 4 is 11.5 Å². The van der Waals surface area contributed by atoms with Crippen molar-refractivity contribution in [2.45, 2.75) is 33.7 Å². The van der Waals surface area contributed by atoms with Crippen molar-refractivity contribution in [1.82, 2.24) is 4.98 Å². The molecule has 0 bridgehead atoms. The van der Waals surface area contributed by atoms with E-state index in [0.717, 1.165) is 5.57 Å². The van der Waals surface area contributed by atoms with E-state index < -0.39 is 34.4 Å². The highest BCUT2D eigenvalue weighted by molar-refractivity contribution is 5.74. The Kier molecular flexibility index (Phi) is 7.18. The number of nitrogens with one attached hydrogen (secondary N) is 2. The molecule has 0 aliphatic rings. The van der Waals surface area contributed by atoms with E-state index >= 15 is 0 Å². The van der Waals surface area contributed by atoms with Crippen molar-refractivity contribution < 1.29 is 17.6 Å². The second-order valence-corrected chi connectivity index (χ2v) is 7.98. The maximum Gasteiger partial charge on any atom is 0.170 e. The van der Waals surface area contributed by atoms with Crippen LogP contribution in [0.2, 0.25) is 0 Å². The highest BCUT2D eigenvalue weighted by Gasteiger charge is 2.27. The van der Waals surface area contributed by atoms with Crippen LogP contribution in [-0.2, 0) is 0 Å². The maximum absolute atomic E-state index is 14.9. The summed E-state index contributed by atoms with van der Waals surface area (Å²) >= 11 is 0. The predicted octanol–water partition coefficient (Wildman–Crippen LogP) is 7.17. The number of anilines is 2. The highest BCUT2D eigenvalue weighted by Crippen LogP contribution is 2.37. The zero-order valence-corrected chi connectivity index (χ0v) is 18.4. The molecule has 3 nitrogen and oxygen atoms in total. The van der Waals surface area contributed by atoms with Gasteiger partial charge in [-0.05, 0) is 57.5 Å². The van der Waals surface area contributed by atoms with Gasteiger partial charge in [-0.25, -0.2) is 22.5 Å². The van der Waals surface area contributed by atoms with Crippen LogP contribution in [0.5, 0.6) is 0 Å². The zero-order valence-electron chi connectivity index (χ0n) is 18.4. The number of hydrogen-bond acceptors (Lipinski definition) is 3. The lowest BCUT2D eigenvalue weighted by Crippen LogP contribution is -2.10. The highest BCUT2D eigenvalue weighted by atomic mass is 19.2. The summed E-state index contributed by atoms with van der Waals surface area (Å²) in [6, 6.07) is 8.99. The van der Waals surface area contributed by atoms with Crippen LogP contribution < -0.4 is 10.6 Å². The lowest BCUT2D eigenvalue weighted by atomic mass is 9.98. The van der Waals surface area contributed by atoms with Crippen LogP contribution in [0.25, 0.3) is 22.3 Å². The monoisotopic (exact) mass is 443 g/mol. The molecule has 0 spiro atoms. The van der Waals surface area contributed by atoms with Gasteiger partial charge in [0.1, 0.15) is 5.82 Å². The number of allylic oxidation sites excluding steroid dienone is 1. The smallest absolute Gasteiger partial charge is 0.170 e. The van der Waals surface area contributed by atoms with E-state index in [1.54, 1.807) is 12.1 Å². The Morgan fingerprint density at radius 3 is 1.84 bits per heavy atom. The van der Waals surface area contributed by atoms with Crippen molar-refractivity contribution in [3.05, 3.63) is 77.5 Å². The molecule has 0 fully saturated rings. The Morgan fingerprint density at radius 1 is 0.844 bits per heavy atom. The van der Waals surface area contributed by atoms with Gasteiger partial charge in [0.2, 0.25) is 0 Å². The molecule has 168 valence electrons. The van der Waals surface area contributed by atoms with Crippen molar-refractivity contribution in [3.63, 3.8) is 0 Å². The molecule has 2 aromatic carbocycles. The van der Waals surface area contributed by atoms with Crippen LogP contribution in [0, 0.1) is 23.3 Å². The topological polar surface area (TPSA) is 37.0 Å². The molecule has 3 aromatic rings. The van der Waals surface area contributed by atoms with Crippen LogP contribution in [0.1, 0.15) is 27.7 Å². The van der Waals surface area contributed by atoms with E-state index in [-0.39, 0.29) is 17.2 Å². The maximum atomic E-state index is 14.9. The molecule has 7 heteroatoms. The third kappa shape index (κ3) is 5.10. The fraction of sp³-hybridized carbons (Fsp3) is 0.240. The second-order valence-electron chi connectivity index (χ2n) is 7.98. The van der Waals surface area contributed by atoms with E-state index in [2.05, 4.69) is 15.6 Å². The summed E-state index contributed by atoms with van der Waals surface area (Å²) in [7, 11) is 0. The minimum Gasteiger partial charge on any atom is -0.382 e. The van der Waals surface area contributed by atoms with Gasteiger partial charge in [0.25, 0.3) is 0 Å². The van der Waals surface area contributed by atoms with E-state index in [4.69, 9.17) is 0 Å². The summed E-state index contributed by atoms with van der Waals surface area (Å²) in [6.45, 7) is 8.34. The van der Waals surface area contributed by atoms with Crippen molar-refractivity contribution in [3.8, 4) is 22.3 Å². The summed E-state index contributed by atoms with van der Waals surface area (Å²) < 4.78 is 59.5. The first-order valence-electron chi connectivity index (χ1n) is 10.3. The molecule has 1 heterocycles. The Morgan fingerprint density at radius 2 is 1.38 bits per heavy atom. The van der Waals surface area contributed by atoms with E-state index in [1.165, 1.54) is 30.5 Å². The lowest BCUT2D eigenvalue weighted by Gasteiger charge is -2.14. The standard InChI is InChI=1S/C25H25F4N3/c1-14(2)11-12-30-18-8-5-16(6-9-18)20-22(26)24(28)21(25(29)23(20)27)17-7-10-19(31-13-17)32-15(3)4/h5-11,13,15,30H,12H2,1-4H3,(H,31,32). The first kappa shape index (κ1) is 23.3. The van der Waals surface area contributed by atoms with Crippen molar-refractivity contribution in [2.24, 2.45) is 0 Å². The van der Waals surface area contributed by atoms with Gasteiger partial charge in [0.05, 0.1) is 11.1 Å². The second kappa shape index (κ2) is 9.85. The zero-order chi connectivity index (χ0) is 23.4. The fourth-order valence-electron chi connectivity index (χ4n) is 3.19. The number of benzene rings is 2. The Bertz CT molecular complexity index is 1090. The normalized spacial score (nSPS) is 10.9. The molecule has 1 aromatic heterocycles. The largest absolute Gasteiger partial charge is 0.382 e. The lowest BCUT2D eigenvalue weighted by molar-refractivity contribution is 0.463. The van der Waals surface area contributed by atoms with Crippen LogP contribution in [0.3, 0.4) is 0 Å². The first-order chi connectivity index (χ1) is 15.2. The molecule has 0 unspecified atom stereocenters. The predicted molar refractivity (Wildman–Crippen MR) is 122 cm³/mol. The third-order valence-corrected chi connectivity index (χ3v) is 4.74. The quantitative estimate of drug-likeness (QED) is 0.231. The number of aromatic nitrogens is 1. The Hall–Kier alpha value is -3.35. The van der Waals surface area contributed by atoms with Crippen LogP contribution in [-0.4, -0.2) is 17.6 Å². The average molecular weight is 443 g/mol. The van der Waals surface area contributed by atoms with Gasteiger partial charge in [-0.15, -0.1) is 0 Å². The van der Waals surface area contributed by atoms with Gasteiger partial charge < -0.3 is 10.6 Å². The summed E-state index contributed by atoms with van der Waals surface area (Å²) in [6.07, 6.45) is 3.16. The number of pyridine rings is 1. The van der Waals surface area contributed by atoms with Crippen molar-refractivity contribution in [2.75, 3.05) is 17.2 Å².